The first-order valence-corrected chi connectivity index (χ1v) is 22.4. The van der Waals surface area contributed by atoms with Crippen LogP contribution in [0.25, 0.3) is 55.2 Å². The Morgan fingerprint density at radius 3 is 1.68 bits per heavy atom. The molecule has 0 radical (unpaired) electrons. The summed E-state index contributed by atoms with van der Waals surface area (Å²) in [5.41, 5.74) is 13.1. The van der Waals surface area contributed by atoms with E-state index in [0.29, 0.717) is 0 Å². The van der Waals surface area contributed by atoms with E-state index in [0.717, 1.165) is 16.8 Å². The SMILES string of the molecule is c1ccc(P(c2ccccc2)c2ccc(-c3cccc(-c4nc5ccccc5c5c6c(ccc45)C4(c5ccccc5Sc5ccccc54)c4ccccc4-6)c3)cc2)cc1. The Labute approximate surface area is 349 Å². The zero-order chi connectivity index (χ0) is 38.9. The van der Waals surface area contributed by atoms with E-state index in [-0.39, 0.29) is 0 Å². The zero-order valence-electron chi connectivity index (χ0n) is 32.1. The lowest BCUT2D eigenvalue weighted by Gasteiger charge is -2.39. The molecule has 9 aromatic carbocycles. The highest BCUT2D eigenvalue weighted by Gasteiger charge is 2.50. The highest BCUT2D eigenvalue weighted by atomic mass is 32.2. The Bertz CT molecular complexity index is 3160. The molecule has 0 amide bonds. The van der Waals surface area contributed by atoms with Gasteiger partial charge < -0.3 is 0 Å². The first-order chi connectivity index (χ1) is 29.3. The topological polar surface area (TPSA) is 12.9 Å². The molecular weight excluding hydrogens is 750 g/mol. The highest BCUT2D eigenvalue weighted by molar-refractivity contribution is 7.99. The van der Waals surface area contributed by atoms with E-state index in [9.17, 15) is 0 Å². The largest absolute Gasteiger partial charge is 0.247 e. The monoisotopic (exact) mass is 785 g/mol. The second-order valence-electron chi connectivity index (χ2n) is 15.4. The van der Waals surface area contributed by atoms with Crippen molar-refractivity contribution in [3.63, 3.8) is 0 Å². The lowest BCUT2D eigenvalue weighted by molar-refractivity contribution is 0.723. The maximum absolute atomic E-state index is 5.47. The minimum absolute atomic E-state index is 0.434. The molecule has 0 saturated carbocycles. The summed E-state index contributed by atoms with van der Waals surface area (Å²) in [7, 11) is -0.675. The van der Waals surface area contributed by atoms with Gasteiger partial charge in [0, 0.05) is 31.5 Å². The standard InChI is InChI=1S/C56H36NPS/c1-3-18-40(19-4-1)58(41-20-5-2-6-21-41)42-32-30-37(31-33-42)38-16-15-17-39(36-38)55-45-34-35-49-54(53(45)44-23-8-12-27-50(44)57-55)43-22-7-9-24-46(43)56(49)47-25-10-13-28-51(47)59-52-29-14-11-26-48(52)56/h1-36H. The van der Waals surface area contributed by atoms with E-state index in [1.807, 2.05) is 11.8 Å². The van der Waals surface area contributed by atoms with Crippen LogP contribution < -0.4 is 15.9 Å². The van der Waals surface area contributed by atoms with E-state index in [2.05, 4.69) is 218 Å². The van der Waals surface area contributed by atoms with Crippen LogP contribution in [0.3, 0.4) is 0 Å². The van der Waals surface area contributed by atoms with Gasteiger partial charge in [0.05, 0.1) is 16.6 Å². The van der Waals surface area contributed by atoms with Gasteiger partial charge in [-0.3, -0.25) is 0 Å². The number of rotatable bonds is 5. The van der Waals surface area contributed by atoms with Crippen molar-refractivity contribution in [2.24, 2.45) is 0 Å². The van der Waals surface area contributed by atoms with E-state index in [1.165, 1.54) is 86.4 Å². The normalized spacial score (nSPS) is 13.3. The van der Waals surface area contributed by atoms with Gasteiger partial charge in [0.25, 0.3) is 0 Å². The third kappa shape index (κ3) is 5.27. The molecule has 12 rings (SSSR count). The smallest absolute Gasteiger partial charge is 0.0788 e. The van der Waals surface area contributed by atoms with Crippen molar-refractivity contribution in [3.8, 4) is 33.5 Å². The summed E-state index contributed by atoms with van der Waals surface area (Å²) >= 11 is 1.89. The summed E-state index contributed by atoms with van der Waals surface area (Å²) in [6, 6.07) is 80.8. The molecule has 3 heteroatoms. The molecular formula is C56H36NPS. The minimum atomic E-state index is -0.675. The van der Waals surface area contributed by atoms with Crippen LogP contribution in [0.1, 0.15) is 22.3 Å². The van der Waals surface area contributed by atoms with E-state index in [4.69, 9.17) is 4.98 Å². The molecule has 1 aromatic heterocycles. The van der Waals surface area contributed by atoms with Crippen molar-refractivity contribution < 1.29 is 0 Å². The number of hydrogen-bond acceptors (Lipinski definition) is 2. The fourth-order valence-corrected chi connectivity index (χ4v) is 13.3. The van der Waals surface area contributed by atoms with E-state index < -0.39 is 13.3 Å². The molecule has 276 valence electrons. The third-order valence-electron chi connectivity index (χ3n) is 12.3. The Morgan fingerprint density at radius 1 is 0.390 bits per heavy atom. The molecule has 0 fully saturated rings. The van der Waals surface area contributed by atoms with Gasteiger partial charge in [0.2, 0.25) is 0 Å². The van der Waals surface area contributed by atoms with Gasteiger partial charge in [-0.25, -0.2) is 4.98 Å². The van der Waals surface area contributed by atoms with Crippen molar-refractivity contribution in [2.45, 2.75) is 15.2 Å². The van der Waals surface area contributed by atoms with Crippen LogP contribution in [0.4, 0.5) is 0 Å². The highest BCUT2D eigenvalue weighted by Crippen LogP contribution is 2.63. The zero-order valence-corrected chi connectivity index (χ0v) is 33.8. The molecule has 10 aromatic rings. The Balaban J connectivity index is 1.05. The van der Waals surface area contributed by atoms with Gasteiger partial charge in [-0.1, -0.05) is 206 Å². The average Bonchev–Trinajstić information content (AvgIpc) is 3.60. The average molecular weight is 786 g/mol. The molecule has 1 aliphatic carbocycles. The summed E-state index contributed by atoms with van der Waals surface area (Å²) in [4.78, 5) is 8.10. The summed E-state index contributed by atoms with van der Waals surface area (Å²) < 4.78 is 0. The fourth-order valence-electron chi connectivity index (χ4n) is 9.85. The Hall–Kier alpha value is -6.57. The molecule has 1 aliphatic heterocycles. The quantitative estimate of drug-likeness (QED) is 0.127. The molecule has 0 bridgehead atoms. The van der Waals surface area contributed by atoms with Gasteiger partial charge in [-0.2, -0.15) is 0 Å². The van der Waals surface area contributed by atoms with Crippen LogP contribution in [0.5, 0.6) is 0 Å². The number of para-hydroxylation sites is 1. The first kappa shape index (κ1) is 34.5. The third-order valence-corrected chi connectivity index (χ3v) is 15.9. The van der Waals surface area contributed by atoms with E-state index in [1.54, 1.807) is 0 Å². The number of nitrogens with zero attached hydrogens (tertiary/aromatic N) is 1. The van der Waals surface area contributed by atoms with Crippen molar-refractivity contribution >= 4 is 57.3 Å². The predicted octanol–water partition coefficient (Wildman–Crippen LogP) is 13.3. The van der Waals surface area contributed by atoms with Gasteiger partial charge in [0.1, 0.15) is 0 Å². The lowest BCUT2D eigenvalue weighted by atomic mass is 9.67. The summed E-state index contributed by atoms with van der Waals surface area (Å²) in [5, 5.41) is 7.67. The summed E-state index contributed by atoms with van der Waals surface area (Å²) in [5.74, 6) is 0. The van der Waals surface area contributed by atoms with Crippen molar-refractivity contribution in [1.82, 2.24) is 4.98 Å². The second-order valence-corrected chi connectivity index (χ2v) is 18.7. The van der Waals surface area contributed by atoms with Crippen LogP contribution in [0.2, 0.25) is 0 Å². The van der Waals surface area contributed by atoms with Gasteiger partial charge >= 0.3 is 0 Å². The van der Waals surface area contributed by atoms with Crippen molar-refractivity contribution in [3.05, 3.63) is 241 Å². The molecule has 0 saturated heterocycles. The number of benzene rings is 9. The molecule has 1 spiro atoms. The molecule has 59 heavy (non-hydrogen) atoms. The minimum Gasteiger partial charge on any atom is -0.247 e. The van der Waals surface area contributed by atoms with Crippen LogP contribution >= 0.6 is 19.7 Å². The van der Waals surface area contributed by atoms with Crippen LogP contribution in [-0.4, -0.2) is 4.98 Å². The lowest BCUT2D eigenvalue weighted by Crippen LogP contribution is -2.31. The molecule has 2 heterocycles. The number of aromatic nitrogens is 1. The Kier molecular flexibility index (Phi) is 8.05. The molecule has 0 N–H and O–H groups in total. The number of hydrogen-bond donors (Lipinski definition) is 0. The molecule has 0 unspecified atom stereocenters. The molecule has 1 nitrogen and oxygen atoms in total. The van der Waals surface area contributed by atoms with Crippen molar-refractivity contribution in [2.75, 3.05) is 0 Å². The number of fused-ring (bicyclic) bond motifs is 13. The first-order valence-electron chi connectivity index (χ1n) is 20.2. The second kappa shape index (κ2) is 13.8. The summed E-state index contributed by atoms with van der Waals surface area (Å²) in [6.45, 7) is 0. The van der Waals surface area contributed by atoms with Crippen LogP contribution in [0.15, 0.2) is 228 Å². The fraction of sp³-hybridized carbons (Fsp3) is 0.0179. The molecule has 0 atom stereocenters. The van der Waals surface area contributed by atoms with Crippen molar-refractivity contribution in [1.29, 1.82) is 0 Å². The van der Waals surface area contributed by atoms with Gasteiger partial charge in [-0.15, -0.1) is 0 Å². The predicted molar refractivity (Wildman–Crippen MR) is 250 cm³/mol. The van der Waals surface area contributed by atoms with Crippen LogP contribution in [0, 0.1) is 0 Å². The maximum Gasteiger partial charge on any atom is 0.0788 e. The summed E-state index contributed by atoms with van der Waals surface area (Å²) in [6.07, 6.45) is 0. The Morgan fingerprint density at radius 2 is 0.966 bits per heavy atom. The maximum atomic E-state index is 5.47. The molecule has 2 aliphatic rings. The number of pyridine rings is 1. The van der Waals surface area contributed by atoms with E-state index >= 15 is 0 Å². The van der Waals surface area contributed by atoms with Gasteiger partial charge in [0.15, 0.2) is 0 Å². The van der Waals surface area contributed by atoms with Gasteiger partial charge in [-0.05, 0) is 92.6 Å². The van der Waals surface area contributed by atoms with Crippen LogP contribution in [-0.2, 0) is 5.41 Å².